The molecule has 2 aliphatic carbocycles. The van der Waals surface area contributed by atoms with E-state index in [0.29, 0.717) is 0 Å². The molecule has 15 heavy (non-hydrogen) atoms. The van der Waals surface area contributed by atoms with Crippen molar-refractivity contribution in [2.24, 2.45) is 0 Å². The van der Waals surface area contributed by atoms with Crippen molar-refractivity contribution < 1.29 is 0 Å². The van der Waals surface area contributed by atoms with Crippen LogP contribution < -0.4 is 0 Å². The van der Waals surface area contributed by atoms with Crippen molar-refractivity contribution in [3.63, 3.8) is 0 Å². The van der Waals surface area contributed by atoms with E-state index in [1.165, 1.54) is 32.1 Å². The van der Waals surface area contributed by atoms with Crippen LogP contribution in [0.15, 0.2) is 29.8 Å². The van der Waals surface area contributed by atoms with Gasteiger partial charge in [-0.1, -0.05) is 43.2 Å². The largest absolute Gasteiger partial charge is 0.0619 e. The lowest BCUT2D eigenvalue weighted by molar-refractivity contribution is 0.549. The van der Waals surface area contributed by atoms with Gasteiger partial charge in [0.2, 0.25) is 0 Å². The second kappa shape index (κ2) is 3.52. The molecule has 0 aliphatic heterocycles. The Morgan fingerprint density at radius 3 is 2.93 bits per heavy atom. The Hall–Kier alpha value is -1.04. The van der Waals surface area contributed by atoms with Crippen LogP contribution in [-0.4, -0.2) is 0 Å². The normalized spacial score (nSPS) is 23.9. The number of fused-ring (bicyclic) bond motifs is 3. The summed E-state index contributed by atoms with van der Waals surface area (Å²) in [6.07, 6.45) is 6.77. The lowest BCUT2D eigenvalue weighted by Crippen LogP contribution is -2.04. The highest BCUT2D eigenvalue weighted by atomic mass is 14.3. The average molecular weight is 198 g/mol. The third-order valence-electron chi connectivity index (χ3n) is 4.01. The van der Waals surface area contributed by atoms with Crippen molar-refractivity contribution in [2.45, 2.75) is 44.9 Å². The summed E-state index contributed by atoms with van der Waals surface area (Å²) >= 11 is 0. The molecule has 0 amide bonds. The summed E-state index contributed by atoms with van der Waals surface area (Å²) in [6.45, 7) is 2.30. The van der Waals surface area contributed by atoms with Crippen LogP contribution in [0.4, 0.5) is 0 Å². The summed E-state index contributed by atoms with van der Waals surface area (Å²) < 4.78 is 0. The maximum Gasteiger partial charge on any atom is 0.00602 e. The minimum atomic E-state index is 0.782. The van der Waals surface area contributed by atoms with E-state index in [-0.39, 0.29) is 0 Å². The van der Waals surface area contributed by atoms with Gasteiger partial charge in [0.1, 0.15) is 0 Å². The SMILES string of the molecule is CCC1=C2CCCCC2c2ccccc21. The molecule has 1 unspecified atom stereocenters. The number of rotatable bonds is 1. The van der Waals surface area contributed by atoms with E-state index < -0.39 is 0 Å². The van der Waals surface area contributed by atoms with Gasteiger partial charge < -0.3 is 0 Å². The molecule has 1 atom stereocenters. The Bertz CT molecular complexity index is 412. The summed E-state index contributed by atoms with van der Waals surface area (Å²) in [5.41, 5.74) is 6.60. The summed E-state index contributed by atoms with van der Waals surface area (Å²) in [4.78, 5) is 0. The van der Waals surface area contributed by atoms with Crippen molar-refractivity contribution in [1.82, 2.24) is 0 Å². The van der Waals surface area contributed by atoms with Crippen molar-refractivity contribution >= 4 is 5.57 Å². The first-order valence-corrected chi connectivity index (χ1v) is 6.23. The molecule has 0 spiro atoms. The van der Waals surface area contributed by atoms with Crippen LogP contribution in [0, 0.1) is 0 Å². The second-order valence-electron chi connectivity index (χ2n) is 4.74. The second-order valence-corrected chi connectivity index (χ2v) is 4.74. The third kappa shape index (κ3) is 1.27. The van der Waals surface area contributed by atoms with Gasteiger partial charge in [-0.05, 0) is 42.4 Å². The summed E-state index contributed by atoms with van der Waals surface area (Å²) in [6, 6.07) is 9.05. The Kier molecular flexibility index (Phi) is 2.16. The predicted octanol–water partition coefficient (Wildman–Crippen LogP) is 4.52. The molecule has 1 fully saturated rings. The zero-order chi connectivity index (χ0) is 10.3. The molecule has 0 radical (unpaired) electrons. The van der Waals surface area contributed by atoms with Crippen LogP contribution in [-0.2, 0) is 0 Å². The molecule has 0 heterocycles. The molecule has 2 aliphatic rings. The van der Waals surface area contributed by atoms with Gasteiger partial charge in [0.25, 0.3) is 0 Å². The summed E-state index contributed by atoms with van der Waals surface area (Å²) in [5, 5.41) is 0. The van der Waals surface area contributed by atoms with Crippen molar-refractivity contribution in [1.29, 1.82) is 0 Å². The first-order chi connectivity index (χ1) is 7.42. The van der Waals surface area contributed by atoms with Gasteiger partial charge in [0, 0.05) is 5.92 Å². The molecular formula is C15H18. The molecule has 1 saturated carbocycles. The Balaban J connectivity index is 2.16. The highest BCUT2D eigenvalue weighted by molar-refractivity contribution is 5.78. The van der Waals surface area contributed by atoms with E-state index in [4.69, 9.17) is 0 Å². The van der Waals surface area contributed by atoms with Crippen LogP contribution >= 0.6 is 0 Å². The number of benzene rings is 1. The van der Waals surface area contributed by atoms with E-state index >= 15 is 0 Å². The van der Waals surface area contributed by atoms with Gasteiger partial charge in [-0.25, -0.2) is 0 Å². The molecule has 78 valence electrons. The number of hydrogen-bond acceptors (Lipinski definition) is 0. The molecular weight excluding hydrogens is 180 g/mol. The van der Waals surface area contributed by atoms with Gasteiger partial charge in [-0.2, -0.15) is 0 Å². The van der Waals surface area contributed by atoms with Gasteiger partial charge in [0.05, 0.1) is 0 Å². The Labute approximate surface area is 92.0 Å². The molecule has 1 aromatic rings. The molecule has 0 saturated heterocycles. The van der Waals surface area contributed by atoms with E-state index in [9.17, 15) is 0 Å². The third-order valence-corrected chi connectivity index (χ3v) is 4.01. The average Bonchev–Trinajstić information content (AvgIpc) is 2.63. The maximum absolute atomic E-state index is 2.34. The molecule has 1 aromatic carbocycles. The van der Waals surface area contributed by atoms with Crippen LogP contribution in [0.1, 0.15) is 56.1 Å². The smallest absolute Gasteiger partial charge is 0.00602 e. The minimum absolute atomic E-state index is 0.782. The van der Waals surface area contributed by atoms with E-state index in [0.717, 1.165) is 5.92 Å². The fraction of sp³-hybridized carbons (Fsp3) is 0.467. The fourth-order valence-electron chi connectivity index (χ4n) is 3.38. The van der Waals surface area contributed by atoms with Crippen molar-refractivity contribution in [3.8, 4) is 0 Å². The van der Waals surface area contributed by atoms with Gasteiger partial charge in [-0.15, -0.1) is 0 Å². The van der Waals surface area contributed by atoms with Crippen LogP contribution in [0.2, 0.25) is 0 Å². The molecule has 0 heteroatoms. The zero-order valence-corrected chi connectivity index (χ0v) is 9.42. The molecule has 0 N–H and O–H groups in total. The number of allylic oxidation sites excluding steroid dienone is 2. The monoisotopic (exact) mass is 198 g/mol. The first kappa shape index (κ1) is 9.21. The van der Waals surface area contributed by atoms with Crippen molar-refractivity contribution in [2.75, 3.05) is 0 Å². The Morgan fingerprint density at radius 2 is 2.07 bits per heavy atom. The first-order valence-electron chi connectivity index (χ1n) is 6.23. The molecule has 3 rings (SSSR count). The standard InChI is InChI=1S/C15H18/c1-2-11-12-7-3-5-9-14(12)15-10-6-4-8-13(11)15/h3,5,7,9,15H,2,4,6,8,10H2,1H3. The molecule has 0 nitrogen and oxygen atoms in total. The van der Waals surface area contributed by atoms with Crippen LogP contribution in [0.3, 0.4) is 0 Å². The lowest BCUT2D eigenvalue weighted by atomic mass is 9.83. The maximum atomic E-state index is 2.34. The van der Waals surface area contributed by atoms with E-state index in [1.807, 2.05) is 0 Å². The van der Waals surface area contributed by atoms with Crippen LogP contribution in [0.25, 0.3) is 5.57 Å². The highest BCUT2D eigenvalue weighted by Crippen LogP contribution is 2.49. The van der Waals surface area contributed by atoms with Crippen LogP contribution in [0.5, 0.6) is 0 Å². The highest BCUT2D eigenvalue weighted by Gasteiger charge is 2.31. The predicted molar refractivity (Wildman–Crippen MR) is 64.9 cm³/mol. The zero-order valence-electron chi connectivity index (χ0n) is 9.42. The topological polar surface area (TPSA) is 0 Å². The number of hydrogen-bond donors (Lipinski definition) is 0. The minimum Gasteiger partial charge on any atom is -0.0619 e. The summed E-state index contributed by atoms with van der Waals surface area (Å²) in [7, 11) is 0. The molecule has 0 aromatic heterocycles. The van der Waals surface area contributed by atoms with Crippen molar-refractivity contribution in [3.05, 3.63) is 41.0 Å². The van der Waals surface area contributed by atoms with E-state index in [2.05, 4.69) is 31.2 Å². The molecule has 0 bridgehead atoms. The quantitative estimate of drug-likeness (QED) is 0.622. The lowest BCUT2D eigenvalue weighted by Gasteiger charge is -2.22. The fourth-order valence-corrected chi connectivity index (χ4v) is 3.38. The van der Waals surface area contributed by atoms with Gasteiger partial charge >= 0.3 is 0 Å². The summed E-state index contributed by atoms with van der Waals surface area (Å²) in [5.74, 6) is 0.782. The van der Waals surface area contributed by atoms with E-state index in [1.54, 1.807) is 22.3 Å². The van der Waals surface area contributed by atoms with Gasteiger partial charge in [0.15, 0.2) is 0 Å². The Morgan fingerprint density at radius 1 is 1.20 bits per heavy atom. The van der Waals surface area contributed by atoms with Gasteiger partial charge in [-0.3, -0.25) is 0 Å².